The van der Waals surface area contributed by atoms with Crippen LogP contribution in [0.15, 0.2) is 24.5 Å². The van der Waals surface area contributed by atoms with E-state index in [1.54, 1.807) is 11.1 Å². The molecule has 1 saturated heterocycles. The van der Waals surface area contributed by atoms with E-state index in [4.69, 9.17) is 4.74 Å². The highest BCUT2D eigenvalue weighted by Gasteiger charge is 2.36. The van der Waals surface area contributed by atoms with Gasteiger partial charge in [-0.3, -0.25) is 4.98 Å². The highest BCUT2D eigenvalue weighted by atomic mass is 16.6. The Bertz CT molecular complexity index is 464. The zero-order valence-corrected chi connectivity index (χ0v) is 13.3. The lowest BCUT2D eigenvalue weighted by atomic mass is 9.93. The molecule has 116 valence electrons. The van der Waals surface area contributed by atoms with Crippen molar-refractivity contribution in [2.75, 3.05) is 13.1 Å². The normalized spacial score (nSPS) is 17.2. The molecule has 5 heteroatoms. The molecule has 0 spiro atoms. The summed E-state index contributed by atoms with van der Waals surface area (Å²) in [5, 5.41) is 3.49. The van der Waals surface area contributed by atoms with Gasteiger partial charge in [0.05, 0.1) is 0 Å². The minimum absolute atomic E-state index is 0.210. The first kappa shape index (κ1) is 15.8. The van der Waals surface area contributed by atoms with Crippen molar-refractivity contribution in [3.05, 3.63) is 30.1 Å². The summed E-state index contributed by atoms with van der Waals surface area (Å²) < 4.78 is 5.36. The third-order valence-electron chi connectivity index (χ3n) is 3.62. The van der Waals surface area contributed by atoms with Crippen LogP contribution in [0.3, 0.4) is 0 Å². The molecule has 0 aliphatic carbocycles. The van der Waals surface area contributed by atoms with Crippen LogP contribution in [0.5, 0.6) is 0 Å². The number of hydrogen-bond donors (Lipinski definition) is 1. The number of carbonyl (C=O) groups is 1. The van der Waals surface area contributed by atoms with Crippen LogP contribution in [0.1, 0.15) is 33.3 Å². The predicted octanol–water partition coefficient (Wildman–Crippen LogP) is 2.43. The van der Waals surface area contributed by atoms with Gasteiger partial charge in [-0.15, -0.1) is 0 Å². The number of hydrogen-bond acceptors (Lipinski definition) is 4. The van der Waals surface area contributed by atoms with Crippen LogP contribution >= 0.6 is 0 Å². The van der Waals surface area contributed by atoms with Crippen LogP contribution in [0.2, 0.25) is 0 Å². The summed E-state index contributed by atoms with van der Waals surface area (Å²) in [4.78, 5) is 17.7. The summed E-state index contributed by atoms with van der Waals surface area (Å²) in [7, 11) is 0. The lowest BCUT2D eigenvalue weighted by Gasteiger charge is -2.42. The molecule has 1 atom stereocenters. The molecule has 1 aromatic heterocycles. The molecule has 0 unspecified atom stereocenters. The highest BCUT2D eigenvalue weighted by Crippen LogP contribution is 2.22. The fraction of sp³-hybridized carbons (Fsp3) is 0.625. The number of amides is 1. The van der Waals surface area contributed by atoms with Gasteiger partial charge in [-0.2, -0.15) is 0 Å². The van der Waals surface area contributed by atoms with Crippen LogP contribution < -0.4 is 5.32 Å². The van der Waals surface area contributed by atoms with E-state index in [-0.39, 0.29) is 6.09 Å². The molecule has 2 heterocycles. The molecule has 0 saturated carbocycles. The fourth-order valence-electron chi connectivity index (χ4n) is 2.25. The molecule has 1 amide bonds. The molecule has 1 aliphatic heterocycles. The molecule has 1 aliphatic rings. The third kappa shape index (κ3) is 4.70. The number of aromatic nitrogens is 1. The molecule has 1 fully saturated rings. The predicted molar refractivity (Wildman–Crippen MR) is 81.8 cm³/mol. The Morgan fingerprint density at radius 3 is 2.81 bits per heavy atom. The second kappa shape index (κ2) is 6.43. The SMILES string of the molecule is C[C@@H](NCc1cccnc1)C1CN(C(=O)OC(C)(C)C)C1. The van der Waals surface area contributed by atoms with E-state index in [1.807, 2.05) is 33.0 Å². The van der Waals surface area contributed by atoms with Gasteiger partial charge in [-0.25, -0.2) is 4.79 Å². The minimum Gasteiger partial charge on any atom is -0.444 e. The summed E-state index contributed by atoms with van der Waals surface area (Å²) in [6.45, 7) is 10.2. The van der Waals surface area contributed by atoms with Gasteiger partial charge in [0, 0.05) is 44.0 Å². The first-order valence-electron chi connectivity index (χ1n) is 7.45. The number of nitrogens with zero attached hydrogens (tertiary/aromatic N) is 2. The molecular weight excluding hydrogens is 266 g/mol. The average molecular weight is 291 g/mol. The molecule has 5 nitrogen and oxygen atoms in total. The molecule has 0 aromatic carbocycles. The van der Waals surface area contributed by atoms with Crippen molar-refractivity contribution in [1.82, 2.24) is 15.2 Å². The van der Waals surface area contributed by atoms with Crippen molar-refractivity contribution < 1.29 is 9.53 Å². The van der Waals surface area contributed by atoms with Crippen molar-refractivity contribution in [1.29, 1.82) is 0 Å². The maximum atomic E-state index is 11.9. The molecular formula is C16H25N3O2. The largest absolute Gasteiger partial charge is 0.444 e. The highest BCUT2D eigenvalue weighted by molar-refractivity contribution is 5.69. The lowest BCUT2D eigenvalue weighted by Crippen LogP contribution is -2.57. The number of likely N-dealkylation sites (tertiary alicyclic amines) is 1. The first-order chi connectivity index (χ1) is 9.85. The second-order valence-corrected chi connectivity index (χ2v) is 6.68. The Kier molecular flexibility index (Phi) is 4.83. The number of carbonyl (C=O) groups excluding carboxylic acids is 1. The van der Waals surface area contributed by atoms with E-state index in [9.17, 15) is 4.79 Å². The Balaban J connectivity index is 1.70. The average Bonchev–Trinajstić information content (AvgIpc) is 2.33. The van der Waals surface area contributed by atoms with Crippen LogP contribution in [0, 0.1) is 5.92 Å². The number of nitrogens with one attached hydrogen (secondary N) is 1. The number of ether oxygens (including phenoxy) is 1. The van der Waals surface area contributed by atoms with Gasteiger partial charge in [0.25, 0.3) is 0 Å². The maximum Gasteiger partial charge on any atom is 0.410 e. The zero-order chi connectivity index (χ0) is 15.5. The smallest absolute Gasteiger partial charge is 0.410 e. The summed E-state index contributed by atoms with van der Waals surface area (Å²) in [6.07, 6.45) is 3.43. The molecule has 0 bridgehead atoms. The van der Waals surface area contributed by atoms with Crippen LogP contribution in [-0.4, -0.2) is 40.7 Å². The summed E-state index contributed by atoms with van der Waals surface area (Å²) in [6, 6.07) is 4.36. The standard InChI is InChI=1S/C16H25N3O2/c1-12(18-9-13-6-5-7-17-8-13)14-10-19(11-14)15(20)21-16(2,3)4/h5-8,12,14,18H,9-11H2,1-4H3/t12-/m1/s1. The molecule has 2 rings (SSSR count). The van der Waals surface area contributed by atoms with Gasteiger partial charge < -0.3 is 15.0 Å². The first-order valence-corrected chi connectivity index (χ1v) is 7.45. The van der Waals surface area contributed by atoms with Gasteiger partial charge in [0.15, 0.2) is 0 Å². The van der Waals surface area contributed by atoms with Gasteiger partial charge in [-0.1, -0.05) is 6.07 Å². The van der Waals surface area contributed by atoms with E-state index in [0.29, 0.717) is 12.0 Å². The van der Waals surface area contributed by atoms with Crippen molar-refractivity contribution in [3.63, 3.8) is 0 Å². The Labute approximate surface area is 126 Å². The van der Waals surface area contributed by atoms with E-state index in [1.165, 1.54) is 5.56 Å². The van der Waals surface area contributed by atoms with Gasteiger partial charge in [0.1, 0.15) is 5.60 Å². The van der Waals surface area contributed by atoms with Crippen molar-refractivity contribution >= 4 is 6.09 Å². The zero-order valence-electron chi connectivity index (χ0n) is 13.3. The van der Waals surface area contributed by atoms with Crippen LogP contribution in [0.4, 0.5) is 4.79 Å². The Hall–Kier alpha value is -1.62. The minimum atomic E-state index is -0.424. The number of pyridine rings is 1. The maximum absolute atomic E-state index is 11.9. The molecule has 1 N–H and O–H groups in total. The summed E-state index contributed by atoms with van der Waals surface area (Å²) in [5.74, 6) is 0.481. The van der Waals surface area contributed by atoms with E-state index in [2.05, 4.69) is 23.3 Å². The van der Waals surface area contributed by atoms with Crippen molar-refractivity contribution in [2.24, 2.45) is 5.92 Å². The summed E-state index contributed by atoms with van der Waals surface area (Å²) in [5.41, 5.74) is 0.750. The fourth-order valence-corrected chi connectivity index (χ4v) is 2.25. The lowest BCUT2D eigenvalue weighted by molar-refractivity contribution is -0.00579. The van der Waals surface area contributed by atoms with Gasteiger partial charge in [-0.05, 0) is 39.3 Å². The van der Waals surface area contributed by atoms with Crippen LogP contribution in [0.25, 0.3) is 0 Å². The molecule has 1 aromatic rings. The number of rotatable bonds is 4. The van der Waals surface area contributed by atoms with Crippen molar-refractivity contribution in [3.8, 4) is 0 Å². The van der Waals surface area contributed by atoms with E-state index >= 15 is 0 Å². The topological polar surface area (TPSA) is 54.5 Å². The summed E-state index contributed by atoms with van der Waals surface area (Å²) >= 11 is 0. The quantitative estimate of drug-likeness (QED) is 0.925. The van der Waals surface area contributed by atoms with Crippen LogP contribution in [-0.2, 0) is 11.3 Å². The van der Waals surface area contributed by atoms with E-state index in [0.717, 1.165) is 19.6 Å². The Morgan fingerprint density at radius 2 is 2.24 bits per heavy atom. The van der Waals surface area contributed by atoms with Gasteiger partial charge in [0.2, 0.25) is 0 Å². The van der Waals surface area contributed by atoms with Gasteiger partial charge >= 0.3 is 6.09 Å². The molecule has 21 heavy (non-hydrogen) atoms. The molecule has 0 radical (unpaired) electrons. The monoisotopic (exact) mass is 291 g/mol. The second-order valence-electron chi connectivity index (χ2n) is 6.68. The third-order valence-corrected chi connectivity index (χ3v) is 3.62. The van der Waals surface area contributed by atoms with Crippen molar-refractivity contribution in [2.45, 2.75) is 45.9 Å². The van der Waals surface area contributed by atoms with E-state index < -0.39 is 5.60 Å². The Morgan fingerprint density at radius 1 is 1.52 bits per heavy atom.